The molecule has 1 amide bonds. The van der Waals surface area contributed by atoms with Gasteiger partial charge in [-0.1, -0.05) is 30.3 Å². The van der Waals surface area contributed by atoms with E-state index in [1.807, 2.05) is 42.5 Å². The van der Waals surface area contributed by atoms with Crippen molar-refractivity contribution < 1.29 is 9.53 Å². The van der Waals surface area contributed by atoms with E-state index in [9.17, 15) is 4.79 Å². The van der Waals surface area contributed by atoms with E-state index < -0.39 is 6.09 Å². The van der Waals surface area contributed by atoms with Crippen molar-refractivity contribution in [3.8, 4) is 5.75 Å². The number of para-hydroxylation sites is 1. The van der Waals surface area contributed by atoms with E-state index in [2.05, 4.69) is 10.6 Å². The molecule has 0 aliphatic heterocycles. The summed E-state index contributed by atoms with van der Waals surface area (Å²) in [5.74, 6) is 0.528. The summed E-state index contributed by atoms with van der Waals surface area (Å²) in [7, 11) is 0. The van der Waals surface area contributed by atoms with Crippen molar-refractivity contribution in [1.82, 2.24) is 5.32 Å². The van der Waals surface area contributed by atoms with Crippen LogP contribution in [0, 0.1) is 0 Å². The fraction of sp³-hybridized carbons (Fsp3) is 0.235. The largest absolute Gasteiger partial charge is 0.417 e. The minimum Gasteiger partial charge on any atom is -0.410 e. The molecule has 1 saturated carbocycles. The van der Waals surface area contributed by atoms with Gasteiger partial charge in [-0.2, -0.15) is 0 Å². The smallest absolute Gasteiger partial charge is 0.410 e. The number of hydrogen-bond donors (Lipinski definition) is 2. The zero-order chi connectivity index (χ0) is 14.5. The lowest BCUT2D eigenvalue weighted by atomic mass is 10.2. The van der Waals surface area contributed by atoms with Crippen LogP contribution in [0.4, 0.5) is 10.5 Å². The van der Waals surface area contributed by atoms with Gasteiger partial charge in [-0.05, 0) is 42.7 Å². The van der Waals surface area contributed by atoms with Crippen molar-refractivity contribution >= 4 is 11.8 Å². The van der Waals surface area contributed by atoms with Gasteiger partial charge in [0, 0.05) is 18.3 Å². The third kappa shape index (κ3) is 4.33. The molecule has 3 rings (SSSR count). The summed E-state index contributed by atoms with van der Waals surface area (Å²) in [6.45, 7) is 0.874. The van der Waals surface area contributed by atoms with Gasteiger partial charge in [-0.15, -0.1) is 0 Å². The quantitative estimate of drug-likeness (QED) is 0.881. The maximum Gasteiger partial charge on any atom is 0.417 e. The summed E-state index contributed by atoms with van der Waals surface area (Å²) in [4.78, 5) is 11.7. The number of ether oxygens (including phenoxy) is 1. The molecule has 1 aliphatic carbocycles. The SMILES string of the molecule is O=C(Nc1ccc(CNC2CC2)cc1)Oc1ccccc1. The summed E-state index contributed by atoms with van der Waals surface area (Å²) >= 11 is 0. The molecule has 2 aromatic carbocycles. The van der Waals surface area contributed by atoms with Gasteiger partial charge in [-0.25, -0.2) is 4.79 Å². The first-order chi connectivity index (χ1) is 10.3. The number of amides is 1. The van der Waals surface area contributed by atoms with Gasteiger partial charge < -0.3 is 10.1 Å². The van der Waals surface area contributed by atoms with Crippen LogP contribution >= 0.6 is 0 Å². The molecular formula is C17H18N2O2. The number of anilines is 1. The number of hydrogen-bond acceptors (Lipinski definition) is 3. The Bertz CT molecular complexity index is 592. The van der Waals surface area contributed by atoms with Crippen molar-refractivity contribution in [3.05, 3.63) is 60.2 Å². The molecule has 1 fully saturated rings. The molecule has 2 aromatic rings. The van der Waals surface area contributed by atoms with Crippen LogP contribution in [0.25, 0.3) is 0 Å². The maximum absolute atomic E-state index is 11.7. The van der Waals surface area contributed by atoms with Gasteiger partial charge >= 0.3 is 6.09 Å². The average Bonchev–Trinajstić information content (AvgIpc) is 3.32. The number of carbonyl (C=O) groups is 1. The van der Waals surface area contributed by atoms with Crippen LogP contribution in [0.3, 0.4) is 0 Å². The van der Waals surface area contributed by atoms with Crippen LogP contribution in [-0.4, -0.2) is 12.1 Å². The number of carbonyl (C=O) groups excluding carboxylic acids is 1. The third-order valence-electron chi connectivity index (χ3n) is 3.33. The highest BCUT2D eigenvalue weighted by atomic mass is 16.6. The molecule has 2 N–H and O–H groups in total. The molecule has 108 valence electrons. The molecule has 0 radical (unpaired) electrons. The molecule has 0 spiro atoms. The summed E-state index contributed by atoms with van der Waals surface area (Å²) in [6.07, 6.45) is 2.08. The third-order valence-corrected chi connectivity index (χ3v) is 3.33. The molecule has 4 heteroatoms. The van der Waals surface area contributed by atoms with Gasteiger partial charge in [-0.3, -0.25) is 5.32 Å². The van der Waals surface area contributed by atoms with Gasteiger partial charge in [0.2, 0.25) is 0 Å². The van der Waals surface area contributed by atoms with Crippen LogP contribution in [0.5, 0.6) is 5.75 Å². The zero-order valence-electron chi connectivity index (χ0n) is 11.7. The fourth-order valence-corrected chi connectivity index (χ4v) is 1.99. The molecule has 0 aromatic heterocycles. The molecule has 21 heavy (non-hydrogen) atoms. The Labute approximate surface area is 124 Å². The summed E-state index contributed by atoms with van der Waals surface area (Å²) < 4.78 is 5.17. The van der Waals surface area contributed by atoms with Crippen molar-refractivity contribution in [3.63, 3.8) is 0 Å². The van der Waals surface area contributed by atoms with Crippen LogP contribution in [-0.2, 0) is 6.54 Å². The Kier molecular flexibility index (Phi) is 4.17. The second-order valence-electron chi connectivity index (χ2n) is 5.18. The highest BCUT2D eigenvalue weighted by Crippen LogP contribution is 2.19. The van der Waals surface area contributed by atoms with Crippen molar-refractivity contribution in [2.75, 3.05) is 5.32 Å². The predicted octanol–water partition coefficient (Wildman–Crippen LogP) is 3.55. The van der Waals surface area contributed by atoms with Crippen LogP contribution in [0.15, 0.2) is 54.6 Å². The first-order valence-electron chi connectivity index (χ1n) is 7.16. The number of benzene rings is 2. The highest BCUT2D eigenvalue weighted by Gasteiger charge is 2.19. The van der Waals surface area contributed by atoms with Crippen molar-refractivity contribution in [1.29, 1.82) is 0 Å². The Morgan fingerprint density at radius 1 is 1.05 bits per heavy atom. The van der Waals surface area contributed by atoms with Gasteiger partial charge in [0.1, 0.15) is 5.75 Å². The Morgan fingerprint density at radius 3 is 2.43 bits per heavy atom. The molecule has 0 atom stereocenters. The molecule has 4 nitrogen and oxygen atoms in total. The first-order valence-corrected chi connectivity index (χ1v) is 7.16. The molecule has 1 aliphatic rings. The Hall–Kier alpha value is -2.33. The van der Waals surface area contributed by atoms with E-state index in [1.54, 1.807) is 12.1 Å². The molecule has 0 saturated heterocycles. The summed E-state index contributed by atoms with van der Waals surface area (Å²) in [5.41, 5.74) is 1.94. The van der Waals surface area contributed by atoms with Gasteiger partial charge in [0.25, 0.3) is 0 Å². The van der Waals surface area contributed by atoms with E-state index in [0.717, 1.165) is 12.2 Å². The molecular weight excluding hydrogens is 264 g/mol. The van der Waals surface area contributed by atoms with E-state index in [4.69, 9.17) is 4.74 Å². The number of rotatable bonds is 5. The maximum atomic E-state index is 11.7. The Morgan fingerprint density at radius 2 is 1.76 bits per heavy atom. The zero-order valence-corrected chi connectivity index (χ0v) is 11.7. The molecule has 0 bridgehead atoms. The van der Waals surface area contributed by atoms with E-state index in [1.165, 1.54) is 18.4 Å². The van der Waals surface area contributed by atoms with Gasteiger partial charge in [0.15, 0.2) is 0 Å². The predicted molar refractivity (Wildman–Crippen MR) is 82.4 cm³/mol. The average molecular weight is 282 g/mol. The summed E-state index contributed by atoms with van der Waals surface area (Å²) in [6, 6.07) is 17.5. The molecule has 0 heterocycles. The van der Waals surface area contributed by atoms with Crippen molar-refractivity contribution in [2.45, 2.75) is 25.4 Å². The Balaban J connectivity index is 1.50. The lowest BCUT2D eigenvalue weighted by molar-refractivity contribution is 0.215. The highest BCUT2D eigenvalue weighted by molar-refractivity contribution is 5.86. The van der Waals surface area contributed by atoms with Crippen LogP contribution < -0.4 is 15.4 Å². The minimum absolute atomic E-state index is 0.481. The summed E-state index contributed by atoms with van der Waals surface area (Å²) in [5, 5.41) is 6.17. The monoisotopic (exact) mass is 282 g/mol. The first kappa shape index (κ1) is 13.6. The van der Waals surface area contributed by atoms with Crippen LogP contribution in [0.1, 0.15) is 18.4 Å². The normalized spacial score (nSPS) is 13.7. The van der Waals surface area contributed by atoms with Crippen LogP contribution in [0.2, 0.25) is 0 Å². The van der Waals surface area contributed by atoms with E-state index >= 15 is 0 Å². The van der Waals surface area contributed by atoms with E-state index in [-0.39, 0.29) is 0 Å². The molecule has 0 unspecified atom stereocenters. The van der Waals surface area contributed by atoms with Gasteiger partial charge in [0.05, 0.1) is 0 Å². The lowest BCUT2D eigenvalue weighted by Gasteiger charge is -2.08. The second-order valence-corrected chi connectivity index (χ2v) is 5.18. The van der Waals surface area contributed by atoms with E-state index in [0.29, 0.717) is 11.8 Å². The standard InChI is InChI=1S/C17H18N2O2/c20-17(21-16-4-2-1-3-5-16)19-15-8-6-13(7-9-15)12-18-14-10-11-14/h1-9,14,18H,10-12H2,(H,19,20). The lowest BCUT2D eigenvalue weighted by Crippen LogP contribution is -2.17. The fourth-order valence-electron chi connectivity index (χ4n) is 1.99. The topological polar surface area (TPSA) is 50.4 Å². The van der Waals surface area contributed by atoms with Crippen molar-refractivity contribution in [2.24, 2.45) is 0 Å². The second kappa shape index (κ2) is 6.41. The minimum atomic E-state index is -0.481. The number of nitrogens with one attached hydrogen (secondary N) is 2.